The summed E-state index contributed by atoms with van der Waals surface area (Å²) in [5, 5.41) is 9.78. The second-order valence-corrected chi connectivity index (χ2v) is 6.39. The number of likely N-dealkylation sites (tertiary alicyclic amines) is 1. The average Bonchev–Trinajstić information content (AvgIpc) is 2.48. The van der Waals surface area contributed by atoms with Gasteiger partial charge in [-0.25, -0.2) is 0 Å². The molecule has 2 atom stereocenters. The number of aliphatic carboxylic acids is 1. The summed E-state index contributed by atoms with van der Waals surface area (Å²) in [6.07, 6.45) is 5.28. The topological polar surface area (TPSA) is 40.5 Å². The maximum absolute atomic E-state index is 11.9. The zero-order chi connectivity index (χ0) is 14.0. The summed E-state index contributed by atoms with van der Waals surface area (Å²) in [5.74, 6) is -0.180. The Balaban J connectivity index is 1.75. The minimum atomic E-state index is -0.569. The van der Waals surface area contributed by atoms with Crippen LogP contribution >= 0.6 is 0 Å². The van der Waals surface area contributed by atoms with Crippen LogP contribution in [0, 0.1) is 11.3 Å². The Bertz CT molecular complexity index is 473. The quantitative estimate of drug-likeness (QED) is 0.919. The summed E-state index contributed by atoms with van der Waals surface area (Å²) in [4.78, 5) is 14.2. The molecule has 0 bridgehead atoms. The number of piperidine rings is 1. The standard InChI is InChI=1S/C17H23NO2/c19-16(20)17-10-5-4-8-15(17)9-11-18(13-17)12-14-6-2-1-3-7-14/h1-3,6-7,15H,4-5,8-13H2,(H,19,20). The van der Waals surface area contributed by atoms with Crippen LogP contribution in [0.3, 0.4) is 0 Å². The maximum atomic E-state index is 11.9. The molecule has 1 aliphatic carbocycles. The molecule has 108 valence electrons. The Hall–Kier alpha value is -1.35. The SMILES string of the molecule is O=C(O)C12CCCCC1CCN(Cc1ccccc1)C2. The van der Waals surface area contributed by atoms with Crippen molar-refractivity contribution in [2.75, 3.05) is 13.1 Å². The minimum absolute atomic E-state index is 0.390. The fourth-order valence-corrected chi connectivity index (χ4v) is 4.08. The van der Waals surface area contributed by atoms with E-state index in [1.165, 1.54) is 12.0 Å². The van der Waals surface area contributed by atoms with Crippen LogP contribution in [-0.4, -0.2) is 29.1 Å². The van der Waals surface area contributed by atoms with Crippen LogP contribution < -0.4 is 0 Å². The van der Waals surface area contributed by atoms with Crippen LogP contribution in [0.1, 0.15) is 37.7 Å². The van der Waals surface area contributed by atoms with Crippen LogP contribution in [0.15, 0.2) is 30.3 Å². The molecule has 2 fully saturated rings. The predicted molar refractivity (Wildman–Crippen MR) is 78.4 cm³/mol. The molecule has 1 saturated carbocycles. The minimum Gasteiger partial charge on any atom is -0.481 e. The first-order valence-electron chi connectivity index (χ1n) is 7.70. The van der Waals surface area contributed by atoms with Gasteiger partial charge in [-0.05, 0) is 37.3 Å². The summed E-state index contributed by atoms with van der Waals surface area (Å²) in [6.45, 7) is 2.64. The van der Waals surface area contributed by atoms with Crippen LogP contribution in [0.5, 0.6) is 0 Å². The number of hydrogen-bond donors (Lipinski definition) is 1. The zero-order valence-corrected chi connectivity index (χ0v) is 11.9. The fraction of sp³-hybridized carbons (Fsp3) is 0.588. The van der Waals surface area contributed by atoms with Gasteiger partial charge in [0.25, 0.3) is 0 Å². The van der Waals surface area contributed by atoms with Crippen molar-refractivity contribution in [3.63, 3.8) is 0 Å². The van der Waals surface area contributed by atoms with Crippen LogP contribution in [0.25, 0.3) is 0 Å². The van der Waals surface area contributed by atoms with Gasteiger partial charge in [-0.3, -0.25) is 9.69 Å². The van der Waals surface area contributed by atoms with E-state index in [-0.39, 0.29) is 0 Å². The molecule has 1 aliphatic heterocycles. The molecule has 0 radical (unpaired) electrons. The number of rotatable bonds is 3. The molecule has 1 heterocycles. The van der Waals surface area contributed by atoms with Crippen LogP contribution in [0.2, 0.25) is 0 Å². The molecule has 1 aromatic rings. The van der Waals surface area contributed by atoms with Gasteiger partial charge in [0, 0.05) is 13.1 Å². The molecule has 3 nitrogen and oxygen atoms in total. The van der Waals surface area contributed by atoms with Crippen molar-refractivity contribution < 1.29 is 9.90 Å². The first-order chi connectivity index (χ1) is 9.71. The highest BCUT2D eigenvalue weighted by molar-refractivity contribution is 5.75. The van der Waals surface area contributed by atoms with Crippen molar-refractivity contribution in [2.45, 2.75) is 38.6 Å². The highest BCUT2D eigenvalue weighted by Gasteiger charge is 2.50. The smallest absolute Gasteiger partial charge is 0.311 e. The predicted octanol–water partition coefficient (Wildman–Crippen LogP) is 3.15. The number of nitrogens with zero attached hydrogens (tertiary/aromatic N) is 1. The van der Waals surface area contributed by atoms with E-state index >= 15 is 0 Å². The summed E-state index contributed by atoms with van der Waals surface area (Å²) >= 11 is 0. The number of carboxylic acids is 1. The van der Waals surface area contributed by atoms with Gasteiger partial charge in [0.05, 0.1) is 5.41 Å². The Morgan fingerprint density at radius 3 is 2.80 bits per heavy atom. The molecule has 20 heavy (non-hydrogen) atoms. The number of fused-ring (bicyclic) bond motifs is 1. The number of carbonyl (C=O) groups is 1. The monoisotopic (exact) mass is 273 g/mol. The maximum Gasteiger partial charge on any atom is 0.311 e. The second-order valence-electron chi connectivity index (χ2n) is 6.39. The summed E-state index contributed by atoms with van der Waals surface area (Å²) < 4.78 is 0. The van der Waals surface area contributed by atoms with Crippen molar-refractivity contribution in [1.29, 1.82) is 0 Å². The van der Waals surface area contributed by atoms with Gasteiger partial charge >= 0.3 is 5.97 Å². The van der Waals surface area contributed by atoms with E-state index in [1.54, 1.807) is 0 Å². The van der Waals surface area contributed by atoms with Gasteiger partial charge in [0.15, 0.2) is 0 Å². The summed E-state index contributed by atoms with van der Waals surface area (Å²) in [6, 6.07) is 10.4. The van der Waals surface area contributed by atoms with Crippen molar-refractivity contribution in [2.24, 2.45) is 11.3 Å². The van der Waals surface area contributed by atoms with Crippen LogP contribution in [-0.2, 0) is 11.3 Å². The van der Waals surface area contributed by atoms with Gasteiger partial charge in [-0.2, -0.15) is 0 Å². The molecular formula is C17H23NO2. The van der Waals surface area contributed by atoms with E-state index in [1.807, 2.05) is 6.07 Å². The fourth-order valence-electron chi connectivity index (χ4n) is 4.08. The molecular weight excluding hydrogens is 250 g/mol. The Kier molecular flexibility index (Phi) is 3.79. The van der Waals surface area contributed by atoms with Gasteiger partial charge in [0.2, 0.25) is 0 Å². The van der Waals surface area contributed by atoms with Gasteiger partial charge < -0.3 is 5.11 Å². The van der Waals surface area contributed by atoms with Crippen molar-refractivity contribution >= 4 is 5.97 Å². The van der Waals surface area contributed by atoms with E-state index < -0.39 is 11.4 Å². The Labute approximate surface area is 120 Å². The molecule has 2 aliphatic rings. The van der Waals surface area contributed by atoms with Crippen molar-refractivity contribution in [3.05, 3.63) is 35.9 Å². The molecule has 0 aromatic heterocycles. The van der Waals surface area contributed by atoms with Gasteiger partial charge in [-0.1, -0.05) is 43.2 Å². The molecule has 1 N–H and O–H groups in total. The van der Waals surface area contributed by atoms with E-state index in [2.05, 4.69) is 29.2 Å². The first-order valence-corrected chi connectivity index (χ1v) is 7.70. The van der Waals surface area contributed by atoms with E-state index in [4.69, 9.17) is 0 Å². The van der Waals surface area contributed by atoms with Gasteiger partial charge in [-0.15, -0.1) is 0 Å². The van der Waals surface area contributed by atoms with Gasteiger partial charge in [0.1, 0.15) is 0 Å². The third-order valence-corrected chi connectivity index (χ3v) is 5.18. The van der Waals surface area contributed by atoms with E-state index in [9.17, 15) is 9.90 Å². The lowest BCUT2D eigenvalue weighted by atomic mass is 9.63. The summed E-state index contributed by atoms with van der Waals surface area (Å²) in [7, 11) is 0. The Morgan fingerprint density at radius 1 is 1.25 bits per heavy atom. The molecule has 0 spiro atoms. The molecule has 1 saturated heterocycles. The highest BCUT2D eigenvalue weighted by Crippen LogP contribution is 2.46. The third kappa shape index (κ3) is 2.47. The number of carboxylic acid groups (broad SMARTS) is 1. The van der Waals surface area contributed by atoms with Crippen molar-refractivity contribution in [3.8, 4) is 0 Å². The molecule has 0 amide bonds. The molecule has 2 unspecified atom stereocenters. The third-order valence-electron chi connectivity index (χ3n) is 5.18. The highest BCUT2D eigenvalue weighted by atomic mass is 16.4. The number of hydrogen-bond acceptors (Lipinski definition) is 2. The largest absolute Gasteiger partial charge is 0.481 e. The first kappa shape index (κ1) is 13.6. The number of benzene rings is 1. The molecule has 3 rings (SSSR count). The molecule has 3 heteroatoms. The van der Waals surface area contributed by atoms with Crippen molar-refractivity contribution in [1.82, 2.24) is 4.90 Å². The lowest BCUT2D eigenvalue weighted by molar-refractivity contribution is -0.161. The average molecular weight is 273 g/mol. The van der Waals surface area contributed by atoms with E-state index in [0.717, 1.165) is 45.3 Å². The van der Waals surface area contributed by atoms with E-state index in [0.29, 0.717) is 5.92 Å². The zero-order valence-electron chi connectivity index (χ0n) is 11.9. The summed E-state index contributed by atoms with van der Waals surface area (Å²) in [5.41, 5.74) is 0.799. The normalized spacial score (nSPS) is 30.7. The molecule has 1 aromatic carbocycles. The second kappa shape index (κ2) is 5.57. The Morgan fingerprint density at radius 2 is 2.05 bits per heavy atom. The lowest BCUT2D eigenvalue weighted by Crippen LogP contribution is -2.54. The van der Waals surface area contributed by atoms with Crippen LogP contribution in [0.4, 0.5) is 0 Å². The lowest BCUT2D eigenvalue weighted by Gasteiger charge is -2.48.